The molecule has 2 fully saturated rings. The molecule has 7 atom stereocenters. The zero-order valence-electron chi connectivity index (χ0n) is 21.9. The molecule has 4 rings (SSSR count). The van der Waals surface area contributed by atoms with E-state index in [-0.39, 0.29) is 16.9 Å². The number of aliphatic hydroxyl groups excluding tert-OH is 1. The standard InChI is InChI=1S/C30H50O/c1-20(2)10-9-11-21(3)22-14-18-30(8)24-12-13-25-27(4,5)26(31)16-17-28(25,6)23(24)15-19-29(22,30)7/h12,15,20-22,25-26,31H,9-11,13-14,16-19H2,1-8H3/t21-,22+,25+,26+,28-,29+,30-/m1/s1. The summed E-state index contributed by atoms with van der Waals surface area (Å²) in [4.78, 5) is 0. The lowest BCUT2D eigenvalue weighted by atomic mass is 9.44. The maximum atomic E-state index is 10.8. The van der Waals surface area contributed by atoms with Crippen LogP contribution in [0.15, 0.2) is 23.3 Å². The molecule has 0 aliphatic heterocycles. The molecule has 0 radical (unpaired) electrons. The molecule has 176 valence electrons. The smallest absolute Gasteiger partial charge is 0.0594 e. The minimum atomic E-state index is -0.159. The molecule has 0 aromatic carbocycles. The Kier molecular flexibility index (Phi) is 5.90. The van der Waals surface area contributed by atoms with Gasteiger partial charge in [-0.1, -0.05) is 86.8 Å². The SMILES string of the molecule is CC(C)CCC[C@@H](C)[C@@H]1CC[C@]2(C)C3=CC[C@H]4C(C)(C)[C@@H](O)CC[C@]4(C)C3=CC[C@@]12C. The molecule has 2 saturated carbocycles. The molecule has 0 saturated heterocycles. The largest absolute Gasteiger partial charge is 0.393 e. The van der Waals surface area contributed by atoms with E-state index in [2.05, 4.69) is 67.5 Å². The number of fused-ring (bicyclic) bond motifs is 5. The topological polar surface area (TPSA) is 20.2 Å². The maximum absolute atomic E-state index is 10.8. The van der Waals surface area contributed by atoms with Crippen molar-refractivity contribution in [1.82, 2.24) is 0 Å². The highest BCUT2D eigenvalue weighted by atomic mass is 16.3. The third-order valence-corrected chi connectivity index (χ3v) is 11.4. The van der Waals surface area contributed by atoms with Gasteiger partial charge in [-0.3, -0.25) is 0 Å². The molecule has 1 N–H and O–H groups in total. The normalized spacial score (nSPS) is 44.8. The van der Waals surface area contributed by atoms with Gasteiger partial charge in [0.15, 0.2) is 0 Å². The second-order valence-electron chi connectivity index (χ2n) is 13.7. The molecule has 0 aromatic heterocycles. The predicted molar refractivity (Wildman–Crippen MR) is 133 cm³/mol. The minimum absolute atomic E-state index is 0.000660. The molecule has 0 bridgehead atoms. The van der Waals surface area contributed by atoms with Crippen molar-refractivity contribution in [2.24, 2.45) is 45.3 Å². The minimum Gasteiger partial charge on any atom is -0.393 e. The summed E-state index contributed by atoms with van der Waals surface area (Å²) in [6.07, 6.45) is 16.6. The number of rotatable bonds is 5. The Morgan fingerprint density at radius 1 is 0.935 bits per heavy atom. The maximum Gasteiger partial charge on any atom is 0.0594 e. The van der Waals surface area contributed by atoms with Crippen LogP contribution in [0.4, 0.5) is 0 Å². The zero-order valence-corrected chi connectivity index (χ0v) is 21.9. The van der Waals surface area contributed by atoms with Crippen molar-refractivity contribution < 1.29 is 5.11 Å². The van der Waals surface area contributed by atoms with E-state index < -0.39 is 0 Å². The summed E-state index contributed by atoms with van der Waals surface area (Å²) < 4.78 is 0. The van der Waals surface area contributed by atoms with Gasteiger partial charge in [0.05, 0.1) is 6.10 Å². The van der Waals surface area contributed by atoms with E-state index in [1.165, 1.54) is 38.5 Å². The van der Waals surface area contributed by atoms with Crippen LogP contribution in [0.2, 0.25) is 0 Å². The fourth-order valence-electron chi connectivity index (χ4n) is 8.99. The lowest BCUT2D eigenvalue weighted by Crippen LogP contribution is -2.54. The lowest BCUT2D eigenvalue weighted by Gasteiger charge is -2.61. The number of hydrogen-bond donors (Lipinski definition) is 1. The monoisotopic (exact) mass is 426 g/mol. The van der Waals surface area contributed by atoms with Crippen LogP contribution in [0.1, 0.15) is 113 Å². The van der Waals surface area contributed by atoms with Crippen molar-refractivity contribution in [1.29, 1.82) is 0 Å². The first-order valence-electron chi connectivity index (χ1n) is 13.5. The average molecular weight is 427 g/mol. The lowest BCUT2D eigenvalue weighted by molar-refractivity contribution is -0.0851. The van der Waals surface area contributed by atoms with Gasteiger partial charge in [-0.25, -0.2) is 0 Å². The van der Waals surface area contributed by atoms with Crippen LogP contribution in [0, 0.1) is 45.3 Å². The molecule has 1 heteroatoms. The van der Waals surface area contributed by atoms with Crippen LogP contribution in [0.25, 0.3) is 0 Å². The summed E-state index contributed by atoms with van der Waals surface area (Å²) in [5.41, 5.74) is 4.34. The first-order chi connectivity index (χ1) is 14.4. The van der Waals surface area contributed by atoms with E-state index in [1.54, 1.807) is 11.1 Å². The van der Waals surface area contributed by atoms with Crippen molar-refractivity contribution >= 4 is 0 Å². The zero-order chi connectivity index (χ0) is 22.8. The fourth-order valence-corrected chi connectivity index (χ4v) is 8.99. The van der Waals surface area contributed by atoms with Gasteiger partial charge in [0.1, 0.15) is 0 Å². The second kappa shape index (κ2) is 7.75. The number of aliphatic hydroxyl groups is 1. The quantitative estimate of drug-likeness (QED) is 0.468. The van der Waals surface area contributed by atoms with Crippen LogP contribution in [0.5, 0.6) is 0 Å². The van der Waals surface area contributed by atoms with E-state index in [4.69, 9.17) is 0 Å². The predicted octanol–water partition coefficient (Wildman–Crippen LogP) is 8.34. The van der Waals surface area contributed by atoms with Crippen LogP contribution in [-0.4, -0.2) is 11.2 Å². The van der Waals surface area contributed by atoms with Gasteiger partial charge < -0.3 is 5.11 Å². The summed E-state index contributed by atoms with van der Waals surface area (Å²) >= 11 is 0. The van der Waals surface area contributed by atoms with Crippen molar-refractivity contribution in [2.75, 3.05) is 0 Å². The van der Waals surface area contributed by atoms with Crippen LogP contribution in [0.3, 0.4) is 0 Å². The highest BCUT2D eigenvalue weighted by molar-refractivity contribution is 5.49. The Morgan fingerprint density at radius 2 is 1.65 bits per heavy atom. The first kappa shape index (κ1) is 23.6. The molecule has 0 heterocycles. The molecular formula is C30H50O. The van der Waals surface area contributed by atoms with Crippen molar-refractivity contribution in [3.8, 4) is 0 Å². The highest BCUT2D eigenvalue weighted by Crippen LogP contribution is 2.71. The number of hydrogen-bond acceptors (Lipinski definition) is 1. The summed E-state index contributed by atoms with van der Waals surface area (Å²) in [5, 5.41) is 10.8. The van der Waals surface area contributed by atoms with E-state index in [1.807, 2.05) is 0 Å². The van der Waals surface area contributed by atoms with Crippen LogP contribution >= 0.6 is 0 Å². The van der Waals surface area contributed by atoms with Gasteiger partial charge in [0, 0.05) is 0 Å². The Labute approximate surface area is 193 Å². The van der Waals surface area contributed by atoms with E-state index in [0.717, 1.165) is 37.0 Å². The van der Waals surface area contributed by atoms with E-state index >= 15 is 0 Å². The summed E-state index contributed by atoms with van der Waals surface area (Å²) in [7, 11) is 0. The Hall–Kier alpha value is -0.560. The number of allylic oxidation sites excluding steroid dienone is 4. The summed E-state index contributed by atoms with van der Waals surface area (Å²) in [5.74, 6) is 3.06. The first-order valence-corrected chi connectivity index (χ1v) is 13.5. The van der Waals surface area contributed by atoms with Crippen molar-refractivity contribution in [3.05, 3.63) is 23.3 Å². The van der Waals surface area contributed by atoms with Gasteiger partial charge in [-0.2, -0.15) is 0 Å². The molecule has 0 spiro atoms. The summed E-state index contributed by atoms with van der Waals surface area (Å²) in [6.45, 7) is 19.7. The van der Waals surface area contributed by atoms with Crippen molar-refractivity contribution in [3.63, 3.8) is 0 Å². The molecule has 1 nitrogen and oxygen atoms in total. The molecule has 0 aromatic rings. The van der Waals surface area contributed by atoms with Crippen molar-refractivity contribution in [2.45, 2.75) is 119 Å². The highest BCUT2D eigenvalue weighted by Gasteiger charge is 2.62. The molecular weight excluding hydrogens is 376 g/mol. The molecule has 4 aliphatic rings. The van der Waals surface area contributed by atoms with E-state index in [0.29, 0.717) is 16.7 Å². The van der Waals surface area contributed by atoms with E-state index in [9.17, 15) is 5.11 Å². The van der Waals surface area contributed by atoms with Crippen LogP contribution < -0.4 is 0 Å². The molecule has 31 heavy (non-hydrogen) atoms. The average Bonchev–Trinajstić information content (AvgIpc) is 2.96. The van der Waals surface area contributed by atoms with Gasteiger partial charge in [0.2, 0.25) is 0 Å². The third-order valence-electron chi connectivity index (χ3n) is 11.4. The van der Waals surface area contributed by atoms with Gasteiger partial charge in [0.25, 0.3) is 0 Å². The fraction of sp³-hybridized carbons (Fsp3) is 0.867. The molecule has 4 aliphatic carbocycles. The molecule has 0 amide bonds. The van der Waals surface area contributed by atoms with Crippen LogP contribution in [-0.2, 0) is 0 Å². The Balaban J connectivity index is 1.64. The van der Waals surface area contributed by atoms with Gasteiger partial charge >= 0.3 is 0 Å². The Morgan fingerprint density at radius 3 is 2.32 bits per heavy atom. The van der Waals surface area contributed by atoms with Gasteiger partial charge in [-0.05, 0) is 95.0 Å². The second-order valence-corrected chi connectivity index (χ2v) is 13.7. The third kappa shape index (κ3) is 3.34. The van der Waals surface area contributed by atoms with Gasteiger partial charge in [-0.15, -0.1) is 0 Å². The molecule has 0 unspecified atom stereocenters. The summed E-state index contributed by atoms with van der Waals surface area (Å²) in [6, 6.07) is 0. The Bertz CT molecular complexity index is 756.